The minimum atomic E-state index is -0.893. The minimum absolute atomic E-state index is 0.0638. The summed E-state index contributed by atoms with van der Waals surface area (Å²) in [5.41, 5.74) is 14.3. The lowest BCUT2D eigenvalue weighted by atomic mass is 9.85. The molecule has 2 amide bonds. The van der Waals surface area contributed by atoms with Crippen LogP contribution in [0.5, 0.6) is 5.75 Å². The molecule has 3 rings (SSSR count). The number of phenols is 1. The first-order chi connectivity index (χ1) is 22.5. The zero-order chi connectivity index (χ0) is 34.3. The molecule has 4 unspecified atom stereocenters. The molecule has 256 valence electrons. The highest BCUT2D eigenvalue weighted by Crippen LogP contribution is 2.31. The number of aliphatic imine (C=N–C) groups is 1. The van der Waals surface area contributed by atoms with Crippen LogP contribution in [0.1, 0.15) is 73.6 Å². The van der Waals surface area contributed by atoms with Gasteiger partial charge >= 0.3 is 0 Å². The molecule has 1 aliphatic rings. The van der Waals surface area contributed by atoms with Gasteiger partial charge in [-0.05, 0) is 100 Å². The van der Waals surface area contributed by atoms with Crippen LogP contribution < -0.4 is 32.7 Å². The van der Waals surface area contributed by atoms with E-state index >= 15 is 0 Å². The summed E-state index contributed by atoms with van der Waals surface area (Å²) in [6.07, 6.45) is 2.98. The second-order valence-electron chi connectivity index (χ2n) is 12.4. The minimum Gasteiger partial charge on any atom is -0.508 e. The van der Waals surface area contributed by atoms with Crippen molar-refractivity contribution in [2.75, 3.05) is 26.7 Å². The average molecular weight is 650 g/mol. The Bertz CT molecular complexity index is 1390. The number of aryl methyl sites for hydroxylation is 1. The number of nitrogens with zero attached hydrogens (tertiary/aromatic N) is 1. The first-order valence-electron chi connectivity index (χ1n) is 16.4. The number of phenolic OH excluding ortho intramolecular Hbond substituents is 1. The van der Waals surface area contributed by atoms with E-state index in [1.807, 2.05) is 44.3 Å². The lowest BCUT2D eigenvalue weighted by Gasteiger charge is -2.29. The number of nitrogens with one attached hydrogen (secondary N) is 4. The molecule has 12 nitrogen and oxygen atoms in total. The smallest absolute Gasteiger partial charge is 0.229 e. The number of ketones is 2. The molecule has 4 atom stereocenters. The summed E-state index contributed by atoms with van der Waals surface area (Å²) in [6, 6.07) is 11.1. The molecule has 9 N–H and O–H groups in total. The van der Waals surface area contributed by atoms with Crippen LogP contribution >= 0.6 is 0 Å². The van der Waals surface area contributed by atoms with E-state index in [0.717, 1.165) is 41.6 Å². The van der Waals surface area contributed by atoms with E-state index in [-0.39, 0.29) is 54.5 Å². The van der Waals surface area contributed by atoms with Crippen LogP contribution in [-0.4, -0.2) is 73.2 Å². The third-order valence-corrected chi connectivity index (χ3v) is 8.56. The number of Topliss-reactive ketones (excluding diaryl/α,β-unsaturated/α-hetero) is 2. The SMILES string of the molecule is CNCCCCC(NC(=O)C(CC(=O)C(CCCN=C(N)N)NC(=O)C1CNCc2cc(O)cc(C)c21)Cc1ccccc1)C(C)=O. The molecule has 0 radical (unpaired) electrons. The third-order valence-electron chi connectivity index (χ3n) is 8.56. The largest absolute Gasteiger partial charge is 0.508 e. The number of hydrogen-bond donors (Lipinski definition) is 7. The van der Waals surface area contributed by atoms with E-state index in [1.54, 1.807) is 12.1 Å². The molecule has 2 aromatic rings. The maximum absolute atomic E-state index is 14.0. The van der Waals surface area contributed by atoms with Crippen LogP contribution in [0.2, 0.25) is 0 Å². The third kappa shape index (κ3) is 11.8. The highest BCUT2D eigenvalue weighted by molar-refractivity contribution is 5.95. The van der Waals surface area contributed by atoms with E-state index in [1.165, 1.54) is 6.92 Å². The zero-order valence-electron chi connectivity index (χ0n) is 27.8. The van der Waals surface area contributed by atoms with Crippen molar-refractivity contribution in [1.82, 2.24) is 21.3 Å². The number of unbranched alkanes of at least 4 members (excludes halogenated alkanes) is 1. The summed E-state index contributed by atoms with van der Waals surface area (Å²) < 4.78 is 0. The van der Waals surface area contributed by atoms with E-state index in [0.29, 0.717) is 32.4 Å². The van der Waals surface area contributed by atoms with Crippen molar-refractivity contribution < 1.29 is 24.3 Å². The molecule has 1 heterocycles. The van der Waals surface area contributed by atoms with Crippen LogP contribution in [0.4, 0.5) is 0 Å². The van der Waals surface area contributed by atoms with Gasteiger partial charge in [0.2, 0.25) is 11.8 Å². The Morgan fingerprint density at radius 2 is 1.74 bits per heavy atom. The van der Waals surface area contributed by atoms with Crippen molar-refractivity contribution in [3.05, 3.63) is 64.7 Å². The van der Waals surface area contributed by atoms with E-state index in [4.69, 9.17) is 11.5 Å². The Balaban J connectivity index is 1.83. The average Bonchev–Trinajstić information content (AvgIpc) is 3.03. The molecule has 1 aliphatic heterocycles. The van der Waals surface area contributed by atoms with Crippen molar-refractivity contribution in [3.8, 4) is 5.75 Å². The number of aromatic hydroxyl groups is 1. The Kier molecular flexibility index (Phi) is 14.8. The highest BCUT2D eigenvalue weighted by Gasteiger charge is 2.33. The summed E-state index contributed by atoms with van der Waals surface area (Å²) in [4.78, 5) is 58.0. The fourth-order valence-electron chi connectivity index (χ4n) is 6.12. The number of carbonyl (C=O) groups excluding carboxylic acids is 4. The second-order valence-corrected chi connectivity index (χ2v) is 12.4. The van der Waals surface area contributed by atoms with E-state index in [9.17, 15) is 24.3 Å². The van der Waals surface area contributed by atoms with Crippen LogP contribution in [0.15, 0.2) is 47.5 Å². The molecule has 0 aromatic heterocycles. The number of rotatable bonds is 19. The molecule has 12 heteroatoms. The van der Waals surface area contributed by atoms with Gasteiger partial charge in [0.25, 0.3) is 0 Å². The summed E-state index contributed by atoms with van der Waals surface area (Å²) in [5.74, 6) is -2.40. The predicted molar refractivity (Wildman–Crippen MR) is 183 cm³/mol. The number of hydrogen-bond acceptors (Lipinski definition) is 8. The number of amides is 2. The quantitative estimate of drug-likeness (QED) is 0.0672. The Morgan fingerprint density at radius 3 is 2.43 bits per heavy atom. The number of benzene rings is 2. The summed E-state index contributed by atoms with van der Waals surface area (Å²) in [5, 5.41) is 22.3. The Hall–Kier alpha value is -4.29. The van der Waals surface area contributed by atoms with Gasteiger partial charge in [-0.1, -0.05) is 30.3 Å². The highest BCUT2D eigenvalue weighted by atomic mass is 16.3. The van der Waals surface area contributed by atoms with Gasteiger partial charge in [0.15, 0.2) is 17.5 Å². The van der Waals surface area contributed by atoms with Gasteiger partial charge in [-0.2, -0.15) is 0 Å². The molecule has 0 spiro atoms. The normalized spacial score (nSPS) is 15.9. The predicted octanol–water partition coefficient (Wildman–Crippen LogP) is 1.71. The number of nitrogens with two attached hydrogens (primary N) is 2. The Labute approximate surface area is 277 Å². The standard InChI is InChI=1S/C35H51N7O5/c1-22-16-27(44)18-26-20-39-21-28(32(22)26)34(47)42-30(13-9-15-40-35(36)37)31(45)19-25(17-24-10-5-4-6-11-24)33(46)41-29(23(2)43)12-7-8-14-38-3/h4-6,10-11,16,18,25,28-30,38-39,44H,7-9,12-15,17,19-21H2,1-3H3,(H,41,46)(H,42,47)(H4,36,37,40). The molecular weight excluding hydrogens is 598 g/mol. The second kappa shape index (κ2) is 18.8. The fraction of sp³-hybridized carbons (Fsp3) is 0.514. The maximum atomic E-state index is 14.0. The van der Waals surface area contributed by atoms with Crippen molar-refractivity contribution in [2.45, 2.75) is 83.3 Å². The molecule has 47 heavy (non-hydrogen) atoms. The zero-order valence-corrected chi connectivity index (χ0v) is 27.8. The molecule has 0 aliphatic carbocycles. The van der Waals surface area contributed by atoms with Gasteiger partial charge in [0, 0.05) is 32.0 Å². The molecule has 2 aromatic carbocycles. The summed E-state index contributed by atoms with van der Waals surface area (Å²) in [7, 11) is 1.86. The maximum Gasteiger partial charge on any atom is 0.229 e. The van der Waals surface area contributed by atoms with Gasteiger partial charge in [0.05, 0.1) is 18.0 Å². The molecule has 0 saturated carbocycles. The van der Waals surface area contributed by atoms with Crippen molar-refractivity contribution in [1.29, 1.82) is 0 Å². The lowest BCUT2D eigenvalue weighted by Crippen LogP contribution is -2.48. The molecule has 0 fully saturated rings. The summed E-state index contributed by atoms with van der Waals surface area (Å²) in [6.45, 7) is 5.29. The first-order valence-corrected chi connectivity index (χ1v) is 16.4. The van der Waals surface area contributed by atoms with Crippen LogP contribution in [0.3, 0.4) is 0 Å². The van der Waals surface area contributed by atoms with E-state index in [2.05, 4.69) is 26.3 Å². The monoisotopic (exact) mass is 649 g/mol. The first kappa shape index (κ1) is 37.2. The van der Waals surface area contributed by atoms with Gasteiger partial charge in [-0.3, -0.25) is 24.2 Å². The van der Waals surface area contributed by atoms with Crippen LogP contribution in [-0.2, 0) is 32.1 Å². The van der Waals surface area contributed by atoms with Gasteiger partial charge < -0.3 is 37.8 Å². The molecule has 0 saturated heterocycles. The van der Waals surface area contributed by atoms with Crippen LogP contribution in [0, 0.1) is 12.8 Å². The number of carbonyl (C=O) groups is 4. The fourth-order valence-corrected chi connectivity index (χ4v) is 6.12. The van der Waals surface area contributed by atoms with Crippen molar-refractivity contribution in [3.63, 3.8) is 0 Å². The van der Waals surface area contributed by atoms with E-state index < -0.39 is 23.9 Å². The van der Waals surface area contributed by atoms with Gasteiger partial charge in [-0.25, -0.2) is 0 Å². The van der Waals surface area contributed by atoms with Gasteiger partial charge in [0.1, 0.15) is 5.75 Å². The number of fused-ring (bicyclic) bond motifs is 1. The Morgan fingerprint density at radius 1 is 1.02 bits per heavy atom. The lowest BCUT2D eigenvalue weighted by molar-refractivity contribution is -0.133. The van der Waals surface area contributed by atoms with Crippen molar-refractivity contribution in [2.24, 2.45) is 22.4 Å². The molecule has 0 bridgehead atoms. The van der Waals surface area contributed by atoms with Crippen LogP contribution in [0.25, 0.3) is 0 Å². The molecular formula is C35H51N7O5. The van der Waals surface area contributed by atoms with Crippen molar-refractivity contribution >= 4 is 29.3 Å². The number of guanidine groups is 1. The topological polar surface area (TPSA) is 201 Å². The summed E-state index contributed by atoms with van der Waals surface area (Å²) >= 11 is 0. The van der Waals surface area contributed by atoms with Gasteiger partial charge in [-0.15, -0.1) is 0 Å².